The van der Waals surface area contributed by atoms with Gasteiger partial charge in [0.25, 0.3) is 5.91 Å². The highest BCUT2D eigenvalue weighted by Crippen LogP contribution is 2.14. The summed E-state index contributed by atoms with van der Waals surface area (Å²) in [4.78, 5) is 30.2. The molecule has 0 saturated heterocycles. The van der Waals surface area contributed by atoms with E-state index in [9.17, 15) is 9.59 Å². The van der Waals surface area contributed by atoms with E-state index < -0.39 is 5.97 Å². The molecular weight excluding hydrogens is 356 g/mol. The monoisotopic (exact) mass is 386 g/mol. The Morgan fingerprint density at radius 2 is 1.82 bits per heavy atom. The van der Waals surface area contributed by atoms with Gasteiger partial charge in [-0.1, -0.05) is 45.2 Å². The van der Waals surface area contributed by atoms with Gasteiger partial charge in [-0.2, -0.15) is 0 Å². The first-order chi connectivity index (χ1) is 13.6. The molecule has 6 heteroatoms. The van der Waals surface area contributed by atoms with Gasteiger partial charge >= 0.3 is 5.97 Å². The highest BCUT2D eigenvalue weighted by atomic mass is 16.5. The Bertz CT molecular complexity index is 752. The van der Waals surface area contributed by atoms with Crippen molar-refractivity contribution in [3.63, 3.8) is 0 Å². The fourth-order valence-electron chi connectivity index (χ4n) is 3.02. The lowest BCUT2D eigenvalue weighted by Crippen LogP contribution is -2.31. The van der Waals surface area contributed by atoms with Gasteiger partial charge in [0, 0.05) is 12.1 Å². The molecule has 0 aliphatic carbocycles. The third kappa shape index (κ3) is 6.22. The molecule has 2 rings (SSSR count). The second-order valence-corrected chi connectivity index (χ2v) is 6.85. The molecule has 1 aromatic heterocycles. The van der Waals surface area contributed by atoms with Crippen LogP contribution in [0.2, 0.25) is 0 Å². The molecule has 0 radical (unpaired) electrons. The minimum Gasteiger partial charge on any atom is -0.464 e. The lowest BCUT2D eigenvalue weighted by Gasteiger charge is -2.20. The summed E-state index contributed by atoms with van der Waals surface area (Å²) in [5, 5.41) is 0. The van der Waals surface area contributed by atoms with E-state index in [0.717, 1.165) is 12.8 Å². The molecule has 1 heterocycles. The molecule has 0 aliphatic heterocycles. The molecule has 6 nitrogen and oxygen atoms in total. The molecule has 28 heavy (non-hydrogen) atoms. The third-order valence-electron chi connectivity index (χ3n) is 4.57. The van der Waals surface area contributed by atoms with Gasteiger partial charge in [-0.3, -0.25) is 4.79 Å². The van der Waals surface area contributed by atoms with Crippen molar-refractivity contribution < 1.29 is 18.7 Å². The van der Waals surface area contributed by atoms with Gasteiger partial charge in [0.2, 0.25) is 5.89 Å². The summed E-state index contributed by atoms with van der Waals surface area (Å²) in [7, 11) is 1.29. The zero-order valence-corrected chi connectivity index (χ0v) is 17.1. The molecule has 0 spiro atoms. The number of ether oxygens (including phenoxy) is 1. The summed E-state index contributed by atoms with van der Waals surface area (Å²) in [5.41, 5.74) is 2.00. The summed E-state index contributed by atoms with van der Waals surface area (Å²) in [6.45, 7) is 5.00. The van der Waals surface area contributed by atoms with E-state index in [4.69, 9.17) is 4.42 Å². The van der Waals surface area contributed by atoms with Gasteiger partial charge in [0.15, 0.2) is 5.69 Å². The summed E-state index contributed by atoms with van der Waals surface area (Å²) in [6.07, 6.45) is 8.02. The Morgan fingerprint density at radius 1 is 1.07 bits per heavy atom. The lowest BCUT2D eigenvalue weighted by atomic mass is 10.0. The molecule has 0 bridgehead atoms. The molecule has 0 saturated carbocycles. The number of methoxy groups -OCH3 is 1. The van der Waals surface area contributed by atoms with Crippen LogP contribution in [0.25, 0.3) is 0 Å². The van der Waals surface area contributed by atoms with Crippen LogP contribution in [-0.4, -0.2) is 35.4 Å². The standard InChI is InChI=1S/C22H30N2O4/c1-4-6-7-8-9-17-10-12-18(13-11-17)21(25)24(14-5-2)15-20-23-19(16-28-20)22(26)27-3/h10-13,16H,4-9,14-15H2,1-3H3. The number of benzene rings is 1. The molecule has 0 aliphatic rings. The van der Waals surface area contributed by atoms with E-state index in [1.54, 1.807) is 4.90 Å². The van der Waals surface area contributed by atoms with E-state index in [1.165, 1.54) is 44.6 Å². The number of aromatic nitrogens is 1. The summed E-state index contributed by atoms with van der Waals surface area (Å²) < 4.78 is 9.96. The van der Waals surface area contributed by atoms with Crippen LogP contribution in [0.4, 0.5) is 0 Å². The predicted molar refractivity (Wildman–Crippen MR) is 107 cm³/mol. The van der Waals surface area contributed by atoms with Gasteiger partial charge in [0.05, 0.1) is 13.7 Å². The van der Waals surface area contributed by atoms with E-state index >= 15 is 0 Å². The van der Waals surface area contributed by atoms with Crippen LogP contribution in [0.5, 0.6) is 0 Å². The first-order valence-electron chi connectivity index (χ1n) is 10.00. The van der Waals surface area contributed by atoms with Gasteiger partial charge in [-0.15, -0.1) is 0 Å². The van der Waals surface area contributed by atoms with Crippen molar-refractivity contribution in [2.45, 2.75) is 58.9 Å². The van der Waals surface area contributed by atoms with Crippen LogP contribution < -0.4 is 0 Å². The minimum atomic E-state index is -0.558. The summed E-state index contributed by atoms with van der Waals surface area (Å²) in [5.74, 6) is -0.315. The van der Waals surface area contributed by atoms with E-state index in [1.807, 2.05) is 31.2 Å². The summed E-state index contributed by atoms with van der Waals surface area (Å²) >= 11 is 0. The van der Waals surface area contributed by atoms with Gasteiger partial charge in [0.1, 0.15) is 6.26 Å². The number of rotatable bonds is 11. The Balaban J connectivity index is 2.01. The molecule has 2 aromatic rings. The fourth-order valence-corrected chi connectivity index (χ4v) is 3.02. The third-order valence-corrected chi connectivity index (χ3v) is 4.57. The number of hydrogen-bond acceptors (Lipinski definition) is 5. The highest BCUT2D eigenvalue weighted by Gasteiger charge is 2.19. The average Bonchev–Trinajstić information content (AvgIpc) is 3.19. The topological polar surface area (TPSA) is 72.6 Å². The zero-order chi connectivity index (χ0) is 20.4. The van der Waals surface area contributed by atoms with Gasteiger partial charge in [-0.05, 0) is 37.0 Å². The smallest absolute Gasteiger partial charge is 0.360 e. The van der Waals surface area contributed by atoms with E-state index in [0.29, 0.717) is 18.0 Å². The van der Waals surface area contributed by atoms with Crippen molar-refractivity contribution in [1.82, 2.24) is 9.88 Å². The summed E-state index contributed by atoms with van der Waals surface area (Å²) in [6, 6.07) is 7.83. The van der Waals surface area contributed by atoms with Crippen molar-refractivity contribution in [3.8, 4) is 0 Å². The average molecular weight is 386 g/mol. The Morgan fingerprint density at radius 3 is 2.46 bits per heavy atom. The Kier molecular flexibility index (Phi) is 8.72. The van der Waals surface area contributed by atoms with E-state index in [-0.39, 0.29) is 18.1 Å². The first-order valence-corrected chi connectivity index (χ1v) is 10.00. The van der Waals surface area contributed by atoms with Crippen LogP contribution >= 0.6 is 0 Å². The van der Waals surface area contributed by atoms with Gasteiger partial charge < -0.3 is 14.1 Å². The maximum atomic E-state index is 12.9. The second kappa shape index (κ2) is 11.3. The molecule has 0 fully saturated rings. The van der Waals surface area contributed by atoms with Crippen LogP contribution in [0.15, 0.2) is 34.9 Å². The quantitative estimate of drug-likeness (QED) is 0.416. The molecule has 0 atom stereocenters. The molecule has 1 amide bonds. The molecule has 0 N–H and O–H groups in total. The number of aryl methyl sites for hydroxylation is 1. The van der Waals surface area contributed by atoms with Crippen molar-refractivity contribution in [1.29, 1.82) is 0 Å². The van der Waals surface area contributed by atoms with Crippen molar-refractivity contribution in [2.75, 3.05) is 13.7 Å². The molecule has 1 aromatic carbocycles. The van der Waals surface area contributed by atoms with Crippen LogP contribution in [0.3, 0.4) is 0 Å². The van der Waals surface area contributed by atoms with Crippen LogP contribution in [0, 0.1) is 0 Å². The number of amides is 1. The zero-order valence-electron chi connectivity index (χ0n) is 17.1. The first kappa shape index (κ1) is 21.7. The lowest BCUT2D eigenvalue weighted by molar-refractivity contribution is 0.0594. The fraction of sp³-hybridized carbons (Fsp3) is 0.500. The van der Waals surface area contributed by atoms with Crippen molar-refractivity contribution >= 4 is 11.9 Å². The van der Waals surface area contributed by atoms with Crippen molar-refractivity contribution in [3.05, 3.63) is 53.2 Å². The highest BCUT2D eigenvalue weighted by molar-refractivity contribution is 5.94. The number of carbonyl (C=O) groups excluding carboxylic acids is 2. The number of nitrogens with zero attached hydrogens (tertiary/aromatic N) is 2. The number of oxazole rings is 1. The van der Waals surface area contributed by atoms with Gasteiger partial charge in [-0.25, -0.2) is 9.78 Å². The minimum absolute atomic E-state index is 0.0720. The largest absolute Gasteiger partial charge is 0.464 e. The molecular formula is C22H30N2O4. The van der Waals surface area contributed by atoms with Crippen LogP contribution in [-0.2, 0) is 17.7 Å². The van der Waals surface area contributed by atoms with E-state index in [2.05, 4.69) is 16.6 Å². The number of carbonyl (C=O) groups is 2. The SMILES string of the molecule is CCCCCCc1ccc(C(=O)N(CCC)Cc2nc(C(=O)OC)co2)cc1. The predicted octanol–water partition coefficient (Wildman–Crippen LogP) is 4.64. The van der Waals surface area contributed by atoms with Crippen molar-refractivity contribution in [2.24, 2.45) is 0 Å². The Hall–Kier alpha value is -2.63. The maximum absolute atomic E-state index is 12.9. The Labute approximate surface area is 166 Å². The maximum Gasteiger partial charge on any atom is 0.360 e. The van der Waals surface area contributed by atoms with Crippen LogP contribution in [0.1, 0.15) is 78.3 Å². The number of esters is 1. The second-order valence-electron chi connectivity index (χ2n) is 6.85. The number of unbranched alkanes of at least 4 members (excludes halogenated alkanes) is 3. The molecule has 0 unspecified atom stereocenters. The molecule has 152 valence electrons. The number of hydrogen-bond donors (Lipinski definition) is 0. The normalized spacial score (nSPS) is 10.7.